The fraction of sp³-hybridized carbons (Fsp3) is 0.500. The van der Waals surface area contributed by atoms with Crippen molar-refractivity contribution in [3.8, 4) is 5.75 Å². The summed E-state index contributed by atoms with van der Waals surface area (Å²) in [6, 6.07) is 6.17. The molecule has 0 aliphatic heterocycles. The average molecular weight is 272 g/mol. The monoisotopic (exact) mass is 271 g/mol. The van der Waals surface area contributed by atoms with Crippen molar-refractivity contribution in [2.24, 2.45) is 11.1 Å². The van der Waals surface area contributed by atoms with E-state index in [4.69, 9.17) is 10.5 Å². The molecule has 1 aromatic carbocycles. The Labute approximate surface area is 99.9 Å². The SMILES string of the molecule is COc1cc(CC(C)(C)CN)ccc1Br. The maximum Gasteiger partial charge on any atom is 0.133 e. The Morgan fingerprint density at radius 1 is 1.40 bits per heavy atom. The average Bonchev–Trinajstić information content (AvgIpc) is 2.20. The van der Waals surface area contributed by atoms with Crippen LogP contribution in [0.25, 0.3) is 0 Å². The Hall–Kier alpha value is -0.540. The van der Waals surface area contributed by atoms with Gasteiger partial charge in [-0.3, -0.25) is 0 Å². The summed E-state index contributed by atoms with van der Waals surface area (Å²) < 4.78 is 6.24. The van der Waals surface area contributed by atoms with Crippen LogP contribution in [0, 0.1) is 5.41 Å². The van der Waals surface area contributed by atoms with E-state index >= 15 is 0 Å². The van der Waals surface area contributed by atoms with Crippen LogP contribution in [0.2, 0.25) is 0 Å². The topological polar surface area (TPSA) is 35.2 Å². The fourth-order valence-corrected chi connectivity index (χ4v) is 1.85. The van der Waals surface area contributed by atoms with E-state index < -0.39 is 0 Å². The number of nitrogens with two attached hydrogens (primary N) is 1. The molecule has 1 rings (SSSR count). The van der Waals surface area contributed by atoms with Gasteiger partial charge in [-0.05, 0) is 52.0 Å². The quantitative estimate of drug-likeness (QED) is 0.914. The van der Waals surface area contributed by atoms with Crippen LogP contribution in [0.4, 0.5) is 0 Å². The summed E-state index contributed by atoms with van der Waals surface area (Å²) >= 11 is 3.44. The molecule has 0 bridgehead atoms. The number of rotatable bonds is 4. The number of halogens is 1. The third-order valence-electron chi connectivity index (χ3n) is 2.45. The van der Waals surface area contributed by atoms with Gasteiger partial charge in [0.2, 0.25) is 0 Å². The molecule has 0 aliphatic rings. The van der Waals surface area contributed by atoms with Crippen molar-refractivity contribution in [3.63, 3.8) is 0 Å². The summed E-state index contributed by atoms with van der Waals surface area (Å²) in [6.45, 7) is 5.02. The van der Waals surface area contributed by atoms with Crippen LogP contribution in [0.1, 0.15) is 19.4 Å². The molecule has 84 valence electrons. The highest BCUT2D eigenvalue weighted by Gasteiger charge is 2.16. The Balaban J connectivity index is 2.87. The first kappa shape index (κ1) is 12.5. The van der Waals surface area contributed by atoms with Crippen LogP contribution >= 0.6 is 15.9 Å². The number of hydrogen-bond acceptors (Lipinski definition) is 2. The van der Waals surface area contributed by atoms with Gasteiger partial charge in [0, 0.05) is 0 Å². The molecule has 0 unspecified atom stereocenters. The molecule has 0 fully saturated rings. The summed E-state index contributed by atoms with van der Waals surface area (Å²) in [5.74, 6) is 0.875. The van der Waals surface area contributed by atoms with E-state index in [9.17, 15) is 0 Å². The molecule has 0 saturated heterocycles. The van der Waals surface area contributed by atoms with Crippen molar-refractivity contribution in [2.45, 2.75) is 20.3 Å². The van der Waals surface area contributed by atoms with Gasteiger partial charge in [-0.25, -0.2) is 0 Å². The normalized spacial score (nSPS) is 11.5. The van der Waals surface area contributed by atoms with Gasteiger partial charge >= 0.3 is 0 Å². The Bertz CT molecular complexity index is 336. The van der Waals surface area contributed by atoms with Gasteiger partial charge in [0.05, 0.1) is 11.6 Å². The maximum absolute atomic E-state index is 5.71. The number of ether oxygens (including phenoxy) is 1. The van der Waals surface area contributed by atoms with Crippen molar-refractivity contribution in [1.82, 2.24) is 0 Å². The maximum atomic E-state index is 5.71. The molecular formula is C12H18BrNO. The Morgan fingerprint density at radius 2 is 2.07 bits per heavy atom. The Kier molecular flexibility index (Phi) is 4.17. The minimum Gasteiger partial charge on any atom is -0.496 e. The number of methoxy groups -OCH3 is 1. The summed E-state index contributed by atoms with van der Waals surface area (Å²) in [6.07, 6.45) is 0.965. The zero-order valence-electron chi connectivity index (χ0n) is 9.51. The van der Waals surface area contributed by atoms with Crippen LogP contribution in [-0.2, 0) is 6.42 Å². The molecular weight excluding hydrogens is 254 g/mol. The van der Waals surface area contributed by atoms with E-state index in [1.807, 2.05) is 6.07 Å². The highest BCUT2D eigenvalue weighted by atomic mass is 79.9. The predicted octanol–water partition coefficient (Wildman–Crippen LogP) is 2.99. The summed E-state index contributed by atoms with van der Waals surface area (Å²) in [5, 5.41) is 0. The largest absolute Gasteiger partial charge is 0.496 e. The van der Waals surface area contributed by atoms with Gasteiger partial charge in [0.1, 0.15) is 5.75 Å². The van der Waals surface area contributed by atoms with E-state index in [0.717, 1.165) is 16.6 Å². The first-order valence-electron chi connectivity index (χ1n) is 5.01. The van der Waals surface area contributed by atoms with Crippen molar-refractivity contribution in [1.29, 1.82) is 0 Å². The van der Waals surface area contributed by atoms with Crippen molar-refractivity contribution in [2.75, 3.05) is 13.7 Å². The van der Waals surface area contributed by atoms with Crippen LogP contribution < -0.4 is 10.5 Å². The van der Waals surface area contributed by atoms with Gasteiger partial charge in [0.25, 0.3) is 0 Å². The lowest BCUT2D eigenvalue weighted by Crippen LogP contribution is -2.25. The first-order chi connectivity index (χ1) is 6.98. The van der Waals surface area contributed by atoms with Crippen LogP contribution in [0.5, 0.6) is 5.75 Å². The van der Waals surface area contributed by atoms with Crippen molar-refractivity contribution in [3.05, 3.63) is 28.2 Å². The highest BCUT2D eigenvalue weighted by molar-refractivity contribution is 9.10. The first-order valence-corrected chi connectivity index (χ1v) is 5.80. The van der Waals surface area contributed by atoms with Gasteiger partial charge in [0.15, 0.2) is 0 Å². The van der Waals surface area contributed by atoms with Crippen molar-refractivity contribution >= 4 is 15.9 Å². The van der Waals surface area contributed by atoms with E-state index in [2.05, 4.69) is 41.9 Å². The third-order valence-corrected chi connectivity index (χ3v) is 3.11. The highest BCUT2D eigenvalue weighted by Crippen LogP contribution is 2.28. The smallest absolute Gasteiger partial charge is 0.133 e. The second-order valence-electron chi connectivity index (χ2n) is 4.51. The fourth-order valence-electron chi connectivity index (χ4n) is 1.44. The molecule has 0 aromatic heterocycles. The lowest BCUT2D eigenvalue weighted by molar-refractivity contribution is 0.374. The van der Waals surface area contributed by atoms with Crippen LogP contribution in [-0.4, -0.2) is 13.7 Å². The molecule has 2 nitrogen and oxygen atoms in total. The molecule has 0 heterocycles. The minimum atomic E-state index is 0.138. The minimum absolute atomic E-state index is 0.138. The van der Waals surface area contributed by atoms with Crippen LogP contribution in [0.15, 0.2) is 22.7 Å². The molecule has 2 N–H and O–H groups in total. The molecule has 0 atom stereocenters. The Morgan fingerprint density at radius 3 is 2.60 bits per heavy atom. The molecule has 1 aromatic rings. The van der Waals surface area contributed by atoms with Crippen molar-refractivity contribution < 1.29 is 4.74 Å². The van der Waals surface area contributed by atoms with E-state index in [1.165, 1.54) is 5.56 Å². The zero-order valence-corrected chi connectivity index (χ0v) is 11.1. The van der Waals surface area contributed by atoms with E-state index in [1.54, 1.807) is 7.11 Å². The standard InChI is InChI=1S/C12H18BrNO/c1-12(2,8-14)7-9-4-5-10(13)11(6-9)15-3/h4-6H,7-8,14H2,1-3H3. The number of hydrogen-bond donors (Lipinski definition) is 1. The van der Waals surface area contributed by atoms with Gasteiger partial charge < -0.3 is 10.5 Å². The molecule has 0 aliphatic carbocycles. The molecule has 15 heavy (non-hydrogen) atoms. The van der Waals surface area contributed by atoms with Gasteiger partial charge in [-0.2, -0.15) is 0 Å². The van der Waals surface area contributed by atoms with Gasteiger partial charge in [-0.15, -0.1) is 0 Å². The lowest BCUT2D eigenvalue weighted by Gasteiger charge is -2.22. The molecule has 3 heteroatoms. The molecule has 0 spiro atoms. The second-order valence-corrected chi connectivity index (χ2v) is 5.37. The predicted molar refractivity (Wildman–Crippen MR) is 67.2 cm³/mol. The third kappa shape index (κ3) is 3.50. The summed E-state index contributed by atoms with van der Waals surface area (Å²) in [4.78, 5) is 0. The summed E-state index contributed by atoms with van der Waals surface area (Å²) in [7, 11) is 1.68. The van der Waals surface area contributed by atoms with Crippen LogP contribution in [0.3, 0.4) is 0 Å². The molecule has 0 amide bonds. The lowest BCUT2D eigenvalue weighted by atomic mass is 9.86. The van der Waals surface area contributed by atoms with E-state index in [0.29, 0.717) is 6.54 Å². The summed E-state index contributed by atoms with van der Waals surface area (Å²) in [5.41, 5.74) is 7.11. The zero-order chi connectivity index (χ0) is 11.5. The second kappa shape index (κ2) is 4.99. The van der Waals surface area contributed by atoms with Gasteiger partial charge in [-0.1, -0.05) is 19.9 Å². The molecule has 0 radical (unpaired) electrons. The number of benzene rings is 1. The van der Waals surface area contributed by atoms with E-state index in [-0.39, 0.29) is 5.41 Å². The molecule has 0 saturated carbocycles.